The summed E-state index contributed by atoms with van der Waals surface area (Å²) in [6.07, 6.45) is 4.97. The Morgan fingerprint density at radius 1 is 1.25 bits per heavy atom. The van der Waals surface area contributed by atoms with Gasteiger partial charge in [-0.2, -0.15) is 0 Å². The molecule has 1 atom stereocenters. The monoisotopic (exact) mass is 380 g/mol. The summed E-state index contributed by atoms with van der Waals surface area (Å²) in [7, 11) is 0. The van der Waals surface area contributed by atoms with Crippen molar-refractivity contribution in [1.82, 2.24) is 19.7 Å². The molecule has 2 aliphatic rings. The predicted octanol–water partition coefficient (Wildman–Crippen LogP) is 1.86. The van der Waals surface area contributed by atoms with Crippen molar-refractivity contribution in [1.29, 1.82) is 0 Å². The minimum absolute atomic E-state index is 0.0999. The van der Waals surface area contributed by atoms with Gasteiger partial charge in [0.25, 0.3) is 0 Å². The van der Waals surface area contributed by atoms with Gasteiger partial charge in [-0.15, -0.1) is 10.2 Å². The summed E-state index contributed by atoms with van der Waals surface area (Å²) in [5.74, 6) is -0.00859. The maximum atomic E-state index is 13.0. The third kappa shape index (κ3) is 2.59. The van der Waals surface area contributed by atoms with Crippen LogP contribution in [0, 0.1) is 6.92 Å². The fraction of sp³-hybridized carbons (Fsp3) is 0.400. The SMILES string of the molecule is Cc1nnc2n1CC(C(=O)O)N(C(=O)Cc1coc3cc4c(cc13)CCC4)C2. The molecule has 28 heavy (non-hydrogen) atoms. The van der Waals surface area contributed by atoms with E-state index in [1.165, 1.54) is 16.0 Å². The van der Waals surface area contributed by atoms with Crippen LogP contribution in [0.1, 0.15) is 34.8 Å². The molecular weight excluding hydrogens is 360 g/mol. The van der Waals surface area contributed by atoms with E-state index in [-0.39, 0.29) is 25.4 Å². The fourth-order valence-electron chi connectivity index (χ4n) is 4.34. The van der Waals surface area contributed by atoms with Crippen LogP contribution in [0.3, 0.4) is 0 Å². The summed E-state index contributed by atoms with van der Waals surface area (Å²) in [5, 5.41) is 18.7. The Kier molecular flexibility index (Phi) is 3.75. The molecule has 0 fully saturated rings. The minimum atomic E-state index is -1.03. The second-order valence-electron chi connectivity index (χ2n) is 7.56. The zero-order chi connectivity index (χ0) is 19.4. The van der Waals surface area contributed by atoms with Gasteiger partial charge in [0.05, 0.1) is 25.8 Å². The van der Waals surface area contributed by atoms with E-state index in [4.69, 9.17) is 4.42 Å². The van der Waals surface area contributed by atoms with Gasteiger partial charge < -0.3 is 19.0 Å². The van der Waals surface area contributed by atoms with E-state index in [0.717, 1.165) is 35.8 Å². The van der Waals surface area contributed by atoms with Gasteiger partial charge in [-0.1, -0.05) is 0 Å². The number of carboxylic acid groups (broad SMARTS) is 1. The lowest BCUT2D eigenvalue weighted by molar-refractivity contribution is -0.152. The number of carboxylic acids is 1. The summed E-state index contributed by atoms with van der Waals surface area (Å²) >= 11 is 0. The Hall–Kier alpha value is -3.16. The van der Waals surface area contributed by atoms with Gasteiger partial charge in [0.1, 0.15) is 17.4 Å². The topological polar surface area (TPSA) is 101 Å². The lowest BCUT2D eigenvalue weighted by Gasteiger charge is -2.33. The van der Waals surface area contributed by atoms with Crippen molar-refractivity contribution in [3.05, 3.63) is 46.7 Å². The lowest BCUT2D eigenvalue weighted by atomic mass is 10.0. The molecule has 1 aliphatic heterocycles. The molecule has 8 nitrogen and oxygen atoms in total. The van der Waals surface area contributed by atoms with Crippen molar-refractivity contribution < 1.29 is 19.1 Å². The van der Waals surface area contributed by atoms with Gasteiger partial charge in [0, 0.05) is 10.9 Å². The predicted molar refractivity (Wildman–Crippen MR) is 98.7 cm³/mol. The van der Waals surface area contributed by atoms with Crippen LogP contribution in [0.25, 0.3) is 11.0 Å². The normalized spacial score (nSPS) is 18.3. The number of aromatic nitrogens is 3. The molecule has 0 spiro atoms. The first-order valence-electron chi connectivity index (χ1n) is 9.44. The highest BCUT2D eigenvalue weighted by molar-refractivity contribution is 5.90. The number of aliphatic carboxylic acids is 1. The maximum Gasteiger partial charge on any atom is 0.328 e. The first-order valence-corrected chi connectivity index (χ1v) is 9.44. The van der Waals surface area contributed by atoms with Crippen LogP contribution in [0.5, 0.6) is 0 Å². The molecular formula is C20H20N4O4. The molecule has 1 amide bonds. The van der Waals surface area contributed by atoms with Crippen molar-refractivity contribution in [2.75, 3.05) is 0 Å². The first kappa shape index (κ1) is 17.0. The zero-order valence-corrected chi connectivity index (χ0v) is 15.5. The molecule has 5 rings (SSSR count). The lowest BCUT2D eigenvalue weighted by Crippen LogP contribution is -2.51. The van der Waals surface area contributed by atoms with E-state index in [2.05, 4.69) is 22.3 Å². The number of furan rings is 1. The van der Waals surface area contributed by atoms with Crippen molar-refractivity contribution in [3.8, 4) is 0 Å². The molecule has 1 aliphatic carbocycles. The fourth-order valence-corrected chi connectivity index (χ4v) is 4.34. The second kappa shape index (κ2) is 6.19. The largest absolute Gasteiger partial charge is 0.480 e. The van der Waals surface area contributed by atoms with Crippen molar-refractivity contribution in [2.45, 2.75) is 51.7 Å². The molecule has 3 heterocycles. The van der Waals surface area contributed by atoms with Crippen LogP contribution in [0.4, 0.5) is 0 Å². The summed E-state index contributed by atoms with van der Waals surface area (Å²) in [5.41, 5.74) is 4.21. The highest BCUT2D eigenvalue weighted by Crippen LogP contribution is 2.31. The quantitative estimate of drug-likeness (QED) is 0.744. The van der Waals surface area contributed by atoms with Crippen molar-refractivity contribution in [3.63, 3.8) is 0 Å². The minimum Gasteiger partial charge on any atom is -0.480 e. The van der Waals surface area contributed by atoms with Crippen molar-refractivity contribution >= 4 is 22.8 Å². The molecule has 0 bridgehead atoms. The second-order valence-corrected chi connectivity index (χ2v) is 7.56. The van der Waals surface area contributed by atoms with Gasteiger partial charge >= 0.3 is 5.97 Å². The zero-order valence-electron chi connectivity index (χ0n) is 15.5. The Morgan fingerprint density at radius 3 is 2.82 bits per heavy atom. The third-order valence-corrected chi connectivity index (χ3v) is 5.87. The Bertz CT molecular complexity index is 1110. The number of benzene rings is 1. The van der Waals surface area contributed by atoms with E-state index in [9.17, 15) is 14.7 Å². The van der Waals surface area contributed by atoms with Gasteiger partial charge in [0.15, 0.2) is 5.82 Å². The summed E-state index contributed by atoms with van der Waals surface area (Å²) in [4.78, 5) is 26.2. The molecule has 1 aromatic carbocycles. The molecule has 0 saturated carbocycles. The van der Waals surface area contributed by atoms with E-state index in [0.29, 0.717) is 11.6 Å². The number of amides is 1. The van der Waals surface area contributed by atoms with Gasteiger partial charge in [-0.3, -0.25) is 4.79 Å². The number of carbonyl (C=O) groups is 2. The molecule has 2 aromatic heterocycles. The van der Waals surface area contributed by atoms with Gasteiger partial charge in [-0.05, 0) is 49.4 Å². The van der Waals surface area contributed by atoms with Crippen molar-refractivity contribution in [2.24, 2.45) is 0 Å². The molecule has 0 saturated heterocycles. The van der Waals surface area contributed by atoms with E-state index >= 15 is 0 Å². The van der Waals surface area contributed by atoms with E-state index in [1.807, 2.05) is 0 Å². The Labute approximate surface area is 160 Å². The average Bonchev–Trinajstić information content (AvgIpc) is 3.38. The molecule has 1 N–H and O–H groups in total. The summed E-state index contributed by atoms with van der Waals surface area (Å²) in [6.45, 7) is 2.08. The highest BCUT2D eigenvalue weighted by Gasteiger charge is 2.36. The highest BCUT2D eigenvalue weighted by atomic mass is 16.4. The first-order chi connectivity index (χ1) is 13.5. The van der Waals surface area contributed by atoms with Crippen LogP contribution >= 0.6 is 0 Å². The number of carbonyl (C=O) groups excluding carboxylic acids is 1. The summed E-state index contributed by atoms with van der Waals surface area (Å²) < 4.78 is 7.45. The maximum absolute atomic E-state index is 13.0. The molecule has 1 unspecified atom stereocenters. The number of nitrogens with zero attached hydrogens (tertiary/aromatic N) is 4. The number of aryl methyl sites for hydroxylation is 3. The number of hydrogen-bond acceptors (Lipinski definition) is 5. The third-order valence-electron chi connectivity index (χ3n) is 5.87. The standard InChI is InChI=1S/C20H20N4O4/c1-11-21-22-18-9-24(16(20(26)27)8-23(11)18)19(25)7-14-10-28-17-6-13-4-2-3-12(13)5-15(14)17/h5-6,10,16H,2-4,7-9H2,1H3,(H,26,27). The van der Waals surface area contributed by atoms with E-state index in [1.54, 1.807) is 17.8 Å². The molecule has 3 aromatic rings. The van der Waals surface area contributed by atoms with Crippen LogP contribution < -0.4 is 0 Å². The van der Waals surface area contributed by atoms with Gasteiger partial charge in [0.2, 0.25) is 5.91 Å². The summed E-state index contributed by atoms with van der Waals surface area (Å²) in [6, 6.07) is 3.25. The number of hydrogen-bond donors (Lipinski definition) is 1. The molecule has 144 valence electrons. The van der Waals surface area contributed by atoms with Crippen LogP contribution in [-0.2, 0) is 41.9 Å². The smallest absolute Gasteiger partial charge is 0.328 e. The molecule has 8 heteroatoms. The number of fused-ring (bicyclic) bond motifs is 3. The van der Waals surface area contributed by atoms with Crippen LogP contribution in [0.2, 0.25) is 0 Å². The van der Waals surface area contributed by atoms with Gasteiger partial charge in [-0.25, -0.2) is 4.79 Å². The van der Waals surface area contributed by atoms with Crippen LogP contribution in [-0.4, -0.2) is 42.7 Å². The Balaban J connectivity index is 1.45. The van der Waals surface area contributed by atoms with Crippen LogP contribution in [0.15, 0.2) is 22.8 Å². The van der Waals surface area contributed by atoms with E-state index < -0.39 is 12.0 Å². The number of rotatable bonds is 3. The Morgan fingerprint density at radius 2 is 2.04 bits per heavy atom. The average molecular weight is 380 g/mol. The molecule has 0 radical (unpaired) electrons.